The van der Waals surface area contributed by atoms with Crippen LogP contribution in [0.2, 0.25) is 0 Å². The molecule has 3 nitrogen and oxygen atoms in total. The average Bonchev–Trinajstić information content (AvgIpc) is 3.32. The number of hydrogen-bond donors (Lipinski definition) is 0. The third-order valence-electron chi connectivity index (χ3n) is 8.04. The Hall–Kier alpha value is -2.26. The second-order valence-electron chi connectivity index (χ2n) is 8.92. The molecule has 3 heteroatoms. The fourth-order valence-electron chi connectivity index (χ4n) is 6.51. The fraction of sp³-hybridized carbons (Fsp3) is 0.440. The van der Waals surface area contributed by atoms with Crippen LogP contribution < -0.4 is 0 Å². The molecule has 28 heavy (non-hydrogen) atoms. The minimum absolute atomic E-state index is 0.145. The summed E-state index contributed by atoms with van der Waals surface area (Å²) in [7, 11) is 0. The highest BCUT2D eigenvalue weighted by molar-refractivity contribution is 6.13. The molecular weight excluding hydrogens is 348 g/mol. The van der Waals surface area contributed by atoms with E-state index >= 15 is 0 Å². The summed E-state index contributed by atoms with van der Waals surface area (Å²) >= 11 is 0. The van der Waals surface area contributed by atoms with Crippen molar-refractivity contribution in [3.05, 3.63) is 71.8 Å². The van der Waals surface area contributed by atoms with E-state index in [4.69, 9.17) is 4.74 Å². The molecule has 0 aliphatic heterocycles. The standard InChI is InChI=1S/C25H26O3/c1-4-28-19-15-18-21(26)24(3)20(22(27)23(18,19)2)25(24,16-11-7-5-8-12-16)17-13-9-6-10-14-17/h5-14,18-20H,4,15H2,1-3H3/t18-,19+,20+,23+,24+/m0/s1. The largest absolute Gasteiger partial charge is 0.377 e. The first-order valence-electron chi connectivity index (χ1n) is 10.3. The Labute approximate surface area is 166 Å². The number of hydrogen-bond acceptors (Lipinski definition) is 3. The number of carbonyl (C=O) groups is 2. The van der Waals surface area contributed by atoms with Gasteiger partial charge < -0.3 is 4.74 Å². The van der Waals surface area contributed by atoms with Crippen LogP contribution in [0.4, 0.5) is 0 Å². The predicted molar refractivity (Wildman–Crippen MR) is 107 cm³/mol. The number of carbonyl (C=O) groups excluding carboxylic acids is 2. The van der Waals surface area contributed by atoms with E-state index in [1.54, 1.807) is 0 Å². The Morgan fingerprint density at radius 3 is 1.93 bits per heavy atom. The molecule has 0 bridgehead atoms. The first-order valence-corrected chi connectivity index (χ1v) is 10.3. The van der Waals surface area contributed by atoms with Gasteiger partial charge in [-0.3, -0.25) is 9.59 Å². The van der Waals surface area contributed by atoms with E-state index < -0.39 is 16.2 Å². The van der Waals surface area contributed by atoms with Crippen molar-refractivity contribution >= 4 is 11.6 Å². The molecule has 2 aromatic rings. The van der Waals surface area contributed by atoms with Crippen LogP contribution in [0.1, 0.15) is 38.3 Å². The second kappa shape index (κ2) is 5.64. The Kier molecular flexibility index (Phi) is 3.59. The van der Waals surface area contributed by atoms with Crippen LogP contribution in [0.15, 0.2) is 60.7 Å². The average molecular weight is 374 g/mol. The van der Waals surface area contributed by atoms with Gasteiger partial charge in [0.25, 0.3) is 0 Å². The van der Waals surface area contributed by atoms with Crippen LogP contribution >= 0.6 is 0 Å². The number of fused-ring (bicyclic) bond motifs is 2. The first-order chi connectivity index (χ1) is 13.4. The van der Waals surface area contributed by atoms with Crippen LogP contribution in [0.5, 0.6) is 0 Å². The van der Waals surface area contributed by atoms with Gasteiger partial charge in [-0.2, -0.15) is 0 Å². The Morgan fingerprint density at radius 1 is 0.893 bits per heavy atom. The first kappa shape index (κ1) is 17.8. The lowest BCUT2D eigenvalue weighted by molar-refractivity contribution is -0.187. The monoisotopic (exact) mass is 374 g/mol. The lowest BCUT2D eigenvalue weighted by Gasteiger charge is -2.54. The summed E-state index contributed by atoms with van der Waals surface area (Å²) in [6.45, 7) is 6.50. The lowest BCUT2D eigenvalue weighted by Crippen LogP contribution is -2.64. The van der Waals surface area contributed by atoms with E-state index in [-0.39, 0.29) is 29.5 Å². The SMILES string of the molecule is CCO[C@@H]1C[C@H]2C(=O)[C@@]3(C)[C@@H](C(=O)[C@@]12C)C3(c1ccccc1)c1ccccc1. The lowest BCUT2D eigenvalue weighted by atomic mass is 9.50. The molecular formula is C25H26O3. The minimum Gasteiger partial charge on any atom is -0.377 e. The summed E-state index contributed by atoms with van der Waals surface area (Å²) in [4.78, 5) is 27.7. The molecule has 5 rings (SSSR count). The molecule has 3 saturated carbocycles. The molecule has 3 aliphatic rings. The summed E-state index contributed by atoms with van der Waals surface area (Å²) in [6, 6.07) is 20.3. The van der Waals surface area contributed by atoms with Crippen molar-refractivity contribution in [2.24, 2.45) is 22.7 Å². The van der Waals surface area contributed by atoms with E-state index in [0.717, 1.165) is 11.1 Å². The Bertz CT molecular complexity index is 911. The molecule has 0 amide bonds. The molecule has 3 fully saturated rings. The Morgan fingerprint density at radius 2 is 1.43 bits per heavy atom. The topological polar surface area (TPSA) is 43.4 Å². The molecule has 2 aromatic carbocycles. The van der Waals surface area contributed by atoms with E-state index in [2.05, 4.69) is 24.3 Å². The molecule has 144 valence electrons. The van der Waals surface area contributed by atoms with Crippen molar-refractivity contribution < 1.29 is 14.3 Å². The molecule has 0 N–H and O–H groups in total. The van der Waals surface area contributed by atoms with Gasteiger partial charge in [-0.15, -0.1) is 0 Å². The molecule has 0 saturated heterocycles. The highest BCUT2D eigenvalue weighted by Crippen LogP contribution is 2.80. The molecule has 0 spiro atoms. The zero-order valence-electron chi connectivity index (χ0n) is 16.6. The summed E-state index contributed by atoms with van der Waals surface area (Å²) in [6.07, 6.45) is 0.519. The van der Waals surface area contributed by atoms with Crippen LogP contribution in [0.25, 0.3) is 0 Å². The number of ketones is 2. The van der Waals surface area contributed by atoms with Gasteiger partial charge in [0.15, 0.2) is 0 Å². The van der Waals surface area contributed by atoms with Gasteiger partial charge in [-0.25, -0.2) is 0 Å². The number of benzene rings is 2. The van der Waals surface area contributed by atoms with E-state index in [0.29, 0.717) is 13.0 Å². The van der Waals surface area contributed by atoms with Crippen molar-refractivity contribution in [2.45, 2.75) is 38.7 Å². The molecule has 0 heterocycles. The molecule has 3 aliphatic carbocycles. The fourth-order valence-corrected chi connectivity index (χ4v) is 6.51. The maximum Gasteiger partial charge on any atom is 0.147 e. The third kappa shape index (κ3) is 1.75. The van der Waals surface area contributed by atoms with Gasteiger partial charge in [-0.05, 0) is 31.4 Å². The minimum atomic E-state index is -0.692. The van der Waals surface area contributed by atoms with E-state index in [1.165, 1.54) is 0 Å². The predicted octanol–water partition coefficient (Wildman–Crippen LogP) is 4.19. The molecule has 0 radical (unpaired) electrons. The molecule has 0 unspecified atom stereocenters. The van der Waals surface area contributed by atoms with Crippen LogP contribution in [-0.4, -0.2) is 24.3 Å². The van der Waals surface area contributed by atoms with Crippen molar-refractivity contribution in [1.82, 2.24) is 0 Å². The smallest absolute Gasteiger partial charge is 0.147 e. The van der Waals surface area contributed by atoms with Gasteiger partial charge in [0.1, 0.15) is 11.6 Å². The van der Waals surface area contributed by atoms with Crippen LogP contribution in [0, 0.1) is 22.7 Å². The highest BCUT2D eigenvalue weighted by atomic mass is 16.5. The van der Waals surface area contributed by atoms with Gasteiger partial charge >= 0.3 is 0 Å². The maximum atomic E-state index is 13.9. The van der Waals surface area contributed by atoms with Crippen molar-refractivity contribution in [3.8, 4) is 0 Å². The quantitative estimate of drug-likeness (QED) is 0.806. The summed E-state index contributed by atoms with van der Waals surface area (Å²) in [5, 5.41) is 0. The number of Topliss-reactive ketones (excluding diaryl/α,β-unsaturated/α-hetero) is 2. The van der Waals surface area contributed by atoms with Gasteiger partial charge in [0, 0.05) is 23.9 Å². The third-order valence-corrected chi connectivity index (χ3v) is 8.04. The Balaban J connectivity index is 1.72. The number of rotatable bonds is 4. The van der Waals surface area contributed by atoms with Crippen molar-refractivity contribution in [1.29, 1.82) is 0 Å². The zero-order valence-corrected chi connectivity index (χ0v) is 16.6. The van der Waals surface area contributed by atoms with Crippen LogP contribution in [-0.2, 0) is 19.7 Å². The van der Waals surface area contributed by atoms with Gasteiger partial charge in [0.2, 0.25) is 0 Å². The maximum absolute atomic E-state index is 13.9. The zero-order chi connectivity index (χ0) is 19.7. The molecule has 5 atom stereocenters. The summed E-state index contributed by atoms with van der Waals surface area (Å²) < 4.78 is 5.88. The van der Waals surface area contributed by atoms with Gasteiger partial charge in [0.05, 0.1) is 16.9 Å². The van der Waals surface area contributed by atoms with E-state index in [9.17, 15) is 9.59 Å². The number of ether oxygens (including phenoxy) is 1. The van der Waals surface area contributed by atoms with E-state index in [1.807, 2.05) is 57.2 Å². The normalized spacial score (nSPS) is 37.6. The molecule has 0 aromatic heterocycles. The van der Waals surface area contributed by atoms with Crippen molar-refractivity contribution in [3.63, 3.8) is 0 Å². The van der Waals surface area contributed by atoms with Gasteiger partial charge in [-0.1, -0.05) is 67.6 Å². The second-order valence-corrected chi connectivity index (χ2v) is 8.92. The van der Waals surface area contributed by atoms with Crippen molar-refractivity contribution in [2.75, 3.05) is 6.61 Å². The summed E-state index contributed by atoms with van der Waals surface area (Å²) in [5.41, 5.74) is 0.166. The summed E-state index contributed by atoms with van der Waals surface area (Å²) in [5.74, 6) is -0.117. The van der Waals surface area contributed by atoms with Crippen LogP contribution in [0.3, 0.4) is 0 Å². The highest BCUT2D eigenvalue weighted by Gasteiger charge is 2.88.